The van der Waals surface area contributed by atoms with E-state index >= 15 is 0 Å². The number of nitrogens with two attached hydrogens (primary N) is 2. The molecule has 1 saturated heterocycles. The van der Waals surface area contributed by atoms with E-state index < -0.39 is 48.7 Å². The number of nitrogen functional groups attached to an aromatic ring is 1. The van der Waals surface area contributed by atoms with E-state index in [0.717, 1.165) is 11.0 Å². The third-order valence-corrected chi connectivity index (χ3v) is 3.93. The Kier molecular flexibility index (Phi) is 5.89. The molecule has 2 rings (SSSR count). The molecule has 0 saturated carbocycles. The van der Waals surface area contributed by atoms with Gasteiger partial charge in [-0.2, -0.15) is 4.98 Å². The first-order chi connectivity index (χ1) is 11.4. The van der Waals surface area contributed by atoms with Gasteiger partial charge in [-0.05, 0) is 12.5 Å². The zero-order valence-corrected chi connectivity index (χ0v) is 13.3. The molecule has 0 radical (unpaired) electrons. The maximum Gasteiger partial charge on any atom is 0.351 e. The average Bonchev–Trinajstić information content (AvgIpc) is 2.84. The Morgan fingerprint density at radius 2 is 2.29 bits per heavy atom. The van der Waals surface area contributed by atoms with Crippen molar-refractivity contribution in [3.63, 3.8) is 0 Å². The minimum absolute atomic E-state index is 0.0397. The SMILES string of the molecule is CCCC(N)C(=O)NC1C(O)[C@H](n2ccc(N)nc2=O)O[C@@H]1CO. The van der Waals surface area contributed by atoms with E-state index in [4.69, 9.17) is 16.2 Å². The standard InChI is InChI=1S/C14H23N5O5/c1-2-3-7(15)12(22)18-10-8(6-20)24-13(11(10)21)19-5-4-9(16)17-14(19)23/h4-5,7-8,10-11,13,20-21H,2-3,6,15H2,1H3,(H,18,22)(H2,16,17,23)/t7?,8-,10?,11?,13-/m1/s1. The van der Waals surface area contributed by atoms with E-state index in [1.807, 2.05) is 6.92 Å². The summed E-state index contributed by atoms with van der Waals surface area (Å²) >= 11 is 0. The highest BCUT2D eigenvalue weighted by atomic mass is 16.5. The molecule has 10 nitrogen and oxygen atoms in total. The van der Waals surface area contributed by atoms with Crippen LogP contribution in [0, 0.1) is 0 Å². The van der Waals surface area contributed by atoms with Gasteiger partial charge in [0.25, 0.3) is 0 Å². The normalized spacial score (nSPS) is 27.8. The summed E-state index contributed by atoms with van der Waals surface area (Å²) in [6, 6.07) is -0.240. The Balaban J connectivity index is 2.18. The lowest BCUT2D eigenvalue weighted by Gasteiger charge is -2.22. The topological polar surface area (TPSA) is 166 Å². The van der Waals surface area contributed by atoms with Crippen LogP contribution in [0.5, 0.6) is 0 Å². The van der Waals surface area contributed by atoms with Crippen LogP contribution < -0.4 is 22.5 Å². The smallest absolute Gasteiger partial charge is 0.351 e. The summed E-state index contributed by atoms with van der Waals surface area (Å²) < 4.78 is 6.57. The monoisotopic (exact) mass is 341 g/mol. The average molecular weight is 341 g/mol. The second-order valence-electron chi connectivity index (χ2n) is 5.71. The van der Waals surface area contributed by atoms with Gasteiger partial charge in [-0.25, -0.2) is 4.79 Å². The molecule has 1 aromatic rings. The predicted octanol–water partition coefficient (Wildman–Crippen LogP) is -2.31. The maximum absolute atomic E-state index is 12.1. The maximum atomic E-state index is 12.1. The van der Waals surface area contributed by atoms with Crippen molar-refractivity contribution in [2.45, 2.75) is 50.3 Å². The second-order valence-corrected chi connectivity index (χ2v) is 5.71. The van der Waals surface area contributed by atoms with Gasteiger partial charge in [-0.1, -0.05) is 13.3 Å². The fourth-order valence-electron chi connectivity index (χ4n) is 2.64. The molecule has 1 aliphatic heterocycles. The number of aliphatic hydroxyl groups excluding tert-OH is 2. The molecule has 0 aromatic carbocycles. The summed E-state index contributed by atoms with van der Waals surface area (Å²) in [7, 11) is 0. The van der Waals surface area contributed by atoms with Crippen molar-refractivity contribution in [3.8, 4) is 0 Å². The van der Waals surface area contributed by atoms with Crippen LogP contribution in [0.4, 0.5) is 5.82 Å². The number of anilines is 1. The van der Waals surface area contributed by atoms with Crippen LogP contribution in [0.3, 0.4) is 0 Å². The Morgan fingerprint density at radius 1 is 1.58 bits per heavy atom. The van der Waals surface area contributed by atoms with Crippen LogP contribution in [0.15, 0.2) is 17.1 Å². The molecule has 24 heavy (non-hydrogen) atoms. The van der Waals surface area contributed by atoms with Crippen molar-refractivity contribution in [1.82, 2.24) is 14.9 Å². The molecular formula is C14H23N5O5. The number of amides is 1. The summed E-state index contributed by atoms with van der Waals surface area (Å²) in [4.78, 5) is 27.5. The molecule has 3 unspecified atom stereocenters. The van der Waals surface area contributed by atoms with Crippen LogP contribution in [-0.4, -0.2) is 56.6 Å². The zero-order chi connectivity index (χ0) is 17.9. The molecule has 5 atom stereocenters. The number of rotatable bonds is 6. The van der Waals surface area contributed by atoms with Gasteiger partial charge in [0, 0.05) is 6.20 Å². The summed E-state index contributed by atoms with van der Waals surface area (Å²) in [5, 5.41) is 22.5. The van der Waals surface area contributed by atoms with Crippen LogP contribution >= 0.6 is 0 Å². The van der Waals surface area contributed by atoms with Crippen molar-refractivity contribution in [2.24, 2.45) is 5.73 Å². The molecule has 10 heteroatoms. The Labute approximate surface area is 138 Å². The van der Waals surface area contributed by atoms with Crippen molar-refractivity contribution in [1.29, 1.82) is 0 Å². The first-order valence-electron chi connectivity index (χ1n) is 7.74. The van der Waals surface area contributed by atoms with Gasteiger partial charge in [-0.3, -0.25) is 9.36 Å². The van der Waals surface area contributed by atoms with E-state index in [9.17, 15) is 19.8 Å². The summed E-state index contributed by atoms with van der Waals surface area (Å²) in [5.74, 6) is -0.413. The van der Waals surface area contributed by atoms with Gasteiger partial charge >= 0.3 is 5.69 Å². The molecule has 134 valence electrons. The van der Waals surface area contributed by atoms with Crippen molar-refractivity contribution in [2.75, 3.05) is 12.3 Å². The fourth-order valence-corrected chi connectivity index (χ4v) is 2.64. The highest BCUT2D eigenvalue weighted by Gasteiger charge is 2.45. The quantitative estimate of drug-likeness (QED) is 0.385. The molecule has 0 spiro atoms. The first kappa shape index (κ1) is 18.3. The summed E-state index contributed by atoms with van der Waals surface area (Å²) in [6.45, 7) is 1.45. The number of aliphatic hydroxyl groups is 2. The molecule has 2 heterocycles. The Bertz CT molecular complexity index is 636. The minimum Gasteiger partial charge on any atom is -0.394 e. The lowest BCUT2D eigenvalue weighted by molar-refractivity contribution is -0.124. The lowest BCUT2D eigenvalue weighted by Crippen LogP contribution is -2.53. The van der Waals surface area contributed by atoms with E-state index in [-0.39, 0.29) is 5.82 Å². The molecule has 7 N–H and O–H groups in total. The lowest BCUT2D eigenvalue weighted by atomic mass is 10.1. The molecular weight excluding hydrogens is 318 g/mol. The van der Waals surface area contributed by atoms with E-state index in [0.29, 0.717) is 6.42 Å². The Morgan fingerprint density at radius 3 is 2.88 bits per heavy atom. The zero-order valence-electron chi connectivity index (χ0n) is 13.3. The van der Waals surface area contributed by atoms with E-state index in [1.54, 1.807) is 0 Å². The van der Waals surface area contributed by atoms with Crippen LogP contribution in [-0.2, 0) is 9.53 Å². The van der Waals surface area contributed by atoms with Crippen LogP contribution in [0.1, 0.15) is 26.0 Å². The highest BCUT2D eigenvalue weighted by molar-refractivity contribution is 5.81. The van der Waals surface area contributed by atoms with Gasteiger partial charge in [0.2, 0.25) is 5.91 Å². The van der Waals surface area contributed by atoms with Gasteiger partial charge in [0.05, 0.1) is 18.7 Å². The highest BCUT2D eigenvalue weighted by Crippen LogP contribution is 2.28. The van der Waals surface area contributed by atoms with Gasteiger partial charge in [0.1, 0.15) is 18.0 Å². The number of carbonyl (C=O) groups is 1. The van der Waals surface area contributed by atoms with Crippen LogP contribution in [0.2, 0.25) is 0 Å². The number of nitrogens with one attached hydrogen (secondary N) is 1. The van der Waals surface area contributed by atoms with Crippen LogP contribution in [0.25, 0.3) is 0 Å². The Hall–Kier alpha value is -2.01. The van der Waals surface area contributed by atoms with Gasteiger partial charge in [0.15, 0.2) is 6.23 Å². The number of hydrogen-bond donors (Lipinski definition) is 5. The number of aromatic nitrogens is 2. The number of hydrogen-bond acceptors (Lipinski definition) is 8. The molecule has 1 aromatic heterocycles. The van der Waals surface area contributed by atoms with E-state index in [1.165, 1.54) is 12.3 Å². The van der Waals surface area contributed by atoms with Crippen molar-refractivity contribution >= 4 is 11.7 Å². The minimum atomic E-state index is -1.26. The van der Waals surface area contributed by atoms with Crippen molar-refractivity contribution < 1.29 is 19.7 Å². The summed E-state index contributed by atoms with van der Waals surface area (Å²) in [6.07, 6.45) is -0.688. The fraction of sp³-hybridized carbons (Fsp3) is 0.643. The number of nitrogens with zero attached hydrogens (tertiary/aromatic N) is 2. The molecule has 1 aliphatic rings. The summed E-state index contributed by atoms with van der Waals surface area (Å²) in [5.41, 5.74) is 10.5. The number of ether oxygens (including phenoxy) is 1. The van der Waals surface area contributed by atoms with Crippen molar-refractivity contribution in [3.05, 3.63) is 22.7 Å². The first-order valence-corrected chi connectivity index (χ1v) is 7.74. The van der Waals surface area contributed by atoms with Gasteiger partial charge in [-0.15, -0.1) is 0 Å². The number of carbonyl (C=O) groups excluding carboxylic acids is 1. The third-order valence-electron chi connectivity index (χ3n) is 3.93. The molecule has 1 fully saturated rings. The largest absolute Gasteiger partial charge is 0.394 e. The van der Waals surface area contributed by atoms with E-state index in [2.05, 4.69) is 10.3 Å². The second kappa shape index (κ2) is 7.71. The molecule has 0 aliphatic carbocycles. The molecule has 1 amide bonds. The molecule has 0 bridgehead atoms. The third kappa shape index (κ3) is 3.73. The predicted molar refractivity (Wildman–Crippen MR) is 84.7 cm³/mol. The van der Waals surface area contributed by atoms with Gasteiger partial charge < -0.3 is 31.7 Å².